The molecule has 0 aromatic heterocycles. The molecule has 0 atom stereocenters. The first-order chi connectivity index (χ1) is 27.8. The maximum atomic E-state index is 2.52. The summed E-state index contributed by atoms with van der Waals surface area (Å²) in [6, 6.07) is 72.7. The summed E-state index contributed by atoms with van der Waals surface area (Å²) in [6.07, 6.45) is 0. The summed E-state index contributed by atoms with van der Waals surface area (Å²) in [5.41, 5.74) is 18.3. The van der Waals surface area contributed by atoms with Gasteiger partial charge in [-0.25, -0.2) is 0 Å². The summed E-state index contributed by atoms with van der Waals surface area (Å²) in [4.78, 5) is 0. The van der Waals surface area contributed by atoms with Crippen LogP contribution in [0.4, 0.5) is 0 Å². The van der Waals surface area contributed by atoms with Crippen molar-refractivity contribution in [1.29, 1.82) is 0 Å². The number of hydrogen-bond acceptors (Lipinski definition) is 0. The quantitative estimate of drug-likeness (QED) is 0.161. The van der Waals surface area contributed by atoms with Crippen LogP contribution < -0.4 is 0 Å². The minimum atomic E-state index is 1.25. The Labute approximate surface area is 324 Å². The van der Waals surface area contributed by atoms with Crippen molar-refractivity contribution in [3.05, 3.63) is 194 Å². The Hall–Kier alpha value is -7.28. The molecule has 0 nitrogen and oxygen atoms in total. The molecule has 0 unspecified atom stereocenters. The van der Waals surface area contributed by atoms with E-state index >= 15 is 0 Å². The van der Waals surface area contributed by atoms with Crippen LogP contribution in [-0.2, 0) is 0 Å². The molecule has 0 saturated carbocycles. The molecule has 56 heavy (non-hydrogen) atoms. The predicted molar refractivity (Wildman–Crippen MR) is 239 cm³/mol. The van der Waals surface area contributed by atoms with Crippen LogP contribution in [0, 0.1) is 0 Å². The minimum Gasteiger partial charge on any atom is -0.0622 e. The predicted octanol–water partition coefficient (Wildman–Crippen LogP) is 15.7. The Morgan fingerprint density at radius 2 is 0.714 bits per heavy atom. The van der Waals surface area contributed by atoms with Gasteiger partial charge in [-0.2, -0.15) is 0 Å². The van der Waals surface area contributed by atoms with Crippen molar-refractivity contribution in [3.63, 3.8) is 0 Å². The van der Waals surface area contributed by atoms with Crippen LogP contribution in [0.2, 0.25) is 0 Å². The molecular weight excluding hydrogens is 673 g/mol. The lowest BCUT2D eigenvalue weighted by atomic mass is 9.82. The second kappa shape index (κ2) is 11.1. The van der Waals surface area contributed by atoms with E-state index in [1.165, 1.54) is 132 Å². The van der Waals surface area contributed by atoms with Gasteiger partial charge in [0.2, 0.25) is 0 Å². The molecule has 2 aliphatic carbocycles. The van der Waals surface area contributed by atoms with Crippen molar-refractivity contribution in [2.45, 2.75) is 0 Å². The first kappa shape index (κ1) is 30.1. The second-order valence-corrected chi connectivity index (χ2v) is 15.5. The molecule has 0 heteroatoms. The zero-order chi connectivity index (χ0) is 36.5. The third-order valence-electron chi connectivity index (χ3n) is 12.7. The number of rotatable bonds is 3. The van der Waals surface area contributed by atoms with E-state index in [1.54, 1.807) is 0 Å². The molecule has 2 aliphatic rings. The van der Waals surface area contributed by atoms with Crippen LogP contribution in [0.15, 0.2) is 194 Å². The molecule has 11 aromatic rings. The van der Waals surface area contributed by atoms with Gasteiger partial charge in [-0.15, -0.1) is 0 Å². The van der Waals surface area contributed by atoms with Gasteiger partial charge in [0.25, 0.3) is 0 Å². The molecule has 0 N–H and O–H groups in total. The number of fused-ring (bicyclic) bond motifs is 11. The fourth-order valence-corrected chi connectivity index (χ4v) is 10.4. The molecule has 0 radical (unpaired) electrons. The molecule has 0 heterocycles. The summed E-state index contributed by atoms with van der Waals surface area (Å²) in [5, 5.41) is 13.0. The number of benzene rings is 11. The van der Waals surface area contributed by atoms with Crippen LogP contribution in [0.3, 0.4) is 0 Å². The number of hydrogen-bond donors (Lipinski definition) is 0. The summed E-state index contributed by atoms with van der Waals surface area (Å²) < 4.78 is 0. The molecular formula is C56H32. The average molecular weight is 705 g/mol. The Bertz CT molecular complexity index is 3490. The van der Waals surface area contributed by atoms with Gasteiger partial charge in [-0.3, -0.25) is 0 Å². The molecule has 0 saturated heterocycles. The van der Waals surface area contributed by atoms with E-state index < -0.39 is 0 Å². The lowest BCUT2D eigenvalue weighted by Crippen LogP contribution is -1.93. The molecule has 0 fully saturated rings. The van der Waals surface area contributed by atoms with Crippen LogP contribution in [0.5, 0.6) is 0 Å². The standard InChI is InChI=1S/C56H32/c1-3-14-34(15-4-1)52-41-22-9-10-23-42(41)53(35-16-5-2-6-17-35)56-50-32-48-38-21-8-7-20-37(38)46(31-49(48)44-26-13-27-45(54(44)50)55(52)56)36-28-29-39-40-24-11-18-33-19-12-25-43(51(33)40)47(39)30-36/h1-32H. The molecule has 0 amide bonds. The summed E-state index contributed by atoms with van der Waals surface area (Å²) in [6.45, 7) is 0. The highest BCUT2D eigenvalue weighted by atomic mass is 14.3. The van der Waals surface area contributed by atoms with E-state index in [2.05, 4.69) is 194 Å². The lowest BCUT2D eigenvalue weighted by molar-refractivity contribution is 1.62. The van der Waals surface area contributed by atoms with E-state index in [0.29, 0.717) is 0 Å². The van der Waals surface area contributed by atoms with Crippen LogP contribution >= 0.6 is 0 Å². The molecule has 13 rings (SSSR count). The second-order valence-electron chi connectivity index (χ2n) is 15.5. The van der Waals surface area contributed by atoms with Gasteiger partial charge in [-0.05, 0) is 150 Å². The van der Waals surface area contributed by atoms with E-state index in [4.69, 9.17) is 0 Å². The monoisotopic (exact) mass is 704 g/mol. The van der Waals surface area contributed by atoms with Crippen LogP contribution in [0.1, 0.15) is 0 Å². The van der Waals surface area contributed by atoms with Crippen molar-refractivity contribution < 1.29 is 0 Å². The van der Waals surface area contributed by atoms with Crippen molar-refractivity contribution in [1.82, 2.24) is 0 Å². The maximum absolute atomic E-state index is 2.52. The molecule has 0 spiro atoms. The topological polar surface area (TPSA) is 0 Å². The molecule has 0 bridgehead atoms. The Kier molecular flexibility index (Phi) is 5.98. The first-order valence-corrected chi connectivity index (χ1v) is 19.6. The van der Waals surface area contributed by atoms with Gasteiger partial charge >= 0.3 is 0 Å². The smallest absolute Gasteiger partial charge is 0.000719 e. The SMILES string of the molecule is c1ccc(-c2c3c(c(-c4ccccc4)c4ccccc24)-c2cc4c5ccccc5c(-c5ccc6c(c5)-c5cccc7cccc-6c57)cc4c4cccc-3c24)cc1. The Morgan fingerprint density at radius 1 is 0.196 bits per heavy atom. The van der Waals surface area contributed by atoms with Crippen molar-refractivity contribution in [2.75, 3.05) is 0 Å². The van der Waals surface area contributed by atoms with Gasteiger partial charge in [0.05, 0.1) is 0 Å². The van der Waals surface area contributed by atoms with Crippen LogP contribution in [0.25, 0.3) is 132 Å². The zero-order valence-electron chi connectivity index (χ0n) is 30.5. The van der Waals surface area contributed by atoms with Crippen molar-refractivity contribution in [2.24, 2.45) is 0 Å². The molecule has 0 aliphatic heterocycles. The lowest BCUT2D eigenvalue weighted by Gasteiger charge is -2.20. The summed E-state index contributed by atoms with van der Waals surface area (Å²) >= 11 is 0. The fraction of sp³-hybridized carbons (Fsp3) is 0. The van der Waals surface area contributed by atoms with E-state index in [0.717, 1.165) is 0 Å². The fourth-order valence-electron chi connectivity index (χ4n) is 10.4. The largest absolute Gasteiger partial charge is 0.0622 e. The van der Waals surface area contributed by atoms with Gasteiger partial charge in [0, 0.05) is 0 Å². The van der Waals surface area contributed by atoms with Gasteiger partial charge in [-0.1, -0.05) is 176 Å². The molecule has 11 aromatic carbocycles. The van der Waals surface area contributed by atoms with Crippen LogP contribution in [-0.4, -0.2) is 0 Å². The summed E-state index contributed by atoms with van der Waals surface area (Å²) in [7, 11) is 0. The van der Waals surface area contributed by atoms with Gasteiger partial charge in [0.15, 0.2) is 0 Å². The Morgan fingerprint density at radius 3 is 1.41 bits per heavy atom. The van der Waals surface area contributed by atoms with E-state index in [9.17, 15) is 0 Å². The maximum Gasteiger partial charge on any atom is -0.000719 e. The van der Waals surface area contributed by atoms with E-state index in [-0.39, 0.29) is 0 Å². The Balaban J connectivity index is 1.15. The average Bonchev–Trinajstić information content (AvgIpc) is 3.77. The highest BCUT2D eigenvalue weighted by molar-refractivity contribution is 6.33. The zero-order valence-corrected chi connectivity index (χ0v) is 30.5. The van der Waals surface area contributed by atoms with Crippen molar-refractivity contribution >= 4 is 53.9 Å². The third kappa shape index (κ3) is 3.93. The third-order valence-corrected chi connectivity index (χ3v) is 12.7. The van der Waals surface area contributed by atoms with Gasteiger partial charge < -0.3 is 0 Å². The normalized spacial score (nSPS) is 12.3. The van der Waals surface area contributed by atoms with E-state index in [1.807, 2.05) is 0 Å². The molecule has 256 valence electrons. The first-order valence-electron chi connectivity index (χ1n) is 19.6. The van der Waals surface area contributed by atoms with Gasteiger partial charge in [0.1, 0.15) is 0 Å². The van der Waals surface area contributed by atoms with Crippen molar-refractivity contribution in [3.8, 4) is 77.9 Å². The minimum absolute atomic E-state index is 1.25. The highest BCUT2D eigenvalue weighted by Gasteiger charge is 2.32. The highest BCUT2D eigenvalue weighted by Crippen LogP contribution is 2.59. The summed E-state index contributed by atoms with van der Waals surface area (Å²) in [5.74, 6) is 0.